The van der Waals surface area contributed by atoms with E-state index in [4.69, 9.17) is 4.42 Å². The second-order valence-electron chi connectivity index (χ2n) is 4.00. The predicted octanol–water partition coefficient (Wildman–Crippen LogP) is 3.25. The zero-order valence-electron chi connectivity index (χ0n) is 9.39. The van der Waals surface area contributed by atoms with Gasteiger partial charge < -0.3 is 9.52 Å². The van der Waals surface area contributed by atoms with Crippen molar-refractivity contribution >= 4 is 0 Å². The summed E-state index contributed by atoms with van der Waals surface area (Å²) in [6.45, 7) is 2.09. The van der Waals surface area contributed by atoms with Gasteiger partial charge in [-0.25, -0.2) is 0 Å². The maximum Gasteiger partial charge on any atom is 0.132 e. The van der Waals surface area contributed by atoms with E-state index in [-0.39, 0.29) is 0 Å². The zero-order chi connectivity index (χ0) is 11.4. The number of hydrogen-bond donors (Lipinski definition) is 1. The molecule has 1 heterocycles. The Hall–Kier alpha value is -1.54. The van der Waals surface area contributed by atoms with E-state index in [0.29, 0.717) is 12.2 Å². The van der Waals surface area contributed by atoms with E-state index in [0.717, 1.165) is 6.42 Å². The van der Waals surface area contributed by atoms with Crippen molar-refractivity contribution in [3.05, 3.63) is 59.5 Å². The van der Waals surface area contributed by atoms with Crippen LogP contribution in [0.15, 0.2) is 47.1 Å². The van der Waals surface area contributed by atoms with Gasteiger partial charge in [0.1, 0.15) is 11.9 Å². The van der Waals surface area contributed by atoms with Gasteiger partial charge in [0.15, 0.2) is 0 Å². The summed E-state index contributed by atoms with van der Waals surface area (Å²) >= 11 is 0. The minimum Gasteiger partial charge on any atom is -0.467 e. The van der Waals surface area contributed by atoms with Crippen molar-refractivity contribution in [1.29, 1.82) is 0 Å². The highest BCUT2D eigenvalue weighted by molar-refractivity contribution is 5.25. The number of furan rings is 1. The van der Waals surface area contributed by atoms with Crippen LogP contribution < -0.4 is 0 Å². The molecule has 1 unspecified atom stereocenters. The number of benzene rings is 1. The molecule has 0 bridgehead atoms. The average molecular weight is 216 g/mol. The molecule has 1 aromatic carbocycles. The van der Waals surface area contributed by atoms with Crippen LogP contribution in [-0.2, 0) is 6.42 Å². The number of hydrogen-bond acceptors (Lipinski definition) is 2. The molecule has 0 saturated heterocycles. The first-order valence-corrected chi connectivity index (χ1v) is 5.53. The quantitative estimate of drug-likeness (QED) is 0.851. The molecule has 84 valence electrons. The lowest BCUT2D eigenvalue weighted by Crippen LogP contribution is -1.99. The summed E-state index contributed by atoms with van der Waals surface area (Å²) in [6, 6.07) is 11.9. The van der Waals surface area contributed by atoms with Crippen LogP contribution in [0.25, 0.3) is 0 Å². The molecule has 2 aromatic rings. The Morgan fingerprint density at radius 1 is 1.19 bits per heavy atom. The molecule has 0 aliphatic carbocycles. The molecule has 0 amide bonds. The lowest BCUT2D eigenvalue weighted by Gasteiger charge is -2.09. The van der Waals surface area contributed by atoms with Crippen molar-refractivity contribution in [2.75, 3.05) is 0 Å². The molecule has 0 radical (unpaired) electrons. The van der Waals surface area contributed by atoms with Crippen LogP contribution in [0.3, 0.4) is 0 Å². The van der Waals surface area contributed by atoms with Crippen LogP contribution in [0.5, 0.6) is 0 Å². The minimum absolute atomic E-state index is 0.505. The Bertz CT molecular complexity index is 432. The van der Waals surface area contributed by atoms with Crippen molar-refractivity contribution in [3.63, 3.8) is 0 Å². The van der Waals surface area contributed by atoms with Crippen LogP contribution in [-0.4, -0.2) is 5.11 Å². The minimum atomic E-state index is -0.505. The first-order chi connectivity index (χ1) is 7.77. The van der Waals surface area contributed by atoms with E-state index in [2.05, 4.69) is 19.1 Å². The summed E-state index contributed by atoms with van der Waals surface area (Å²) in [4.78, 5) is 0. The third kappa shape index (κ3) is 2.52. The maximum absolute atomic E-state index is 9.87. The molecule has 2 nitrogen and oxygen atoms in total. The SMILES string of the molecule is Cc1ccccc1CCC(O)c1ccco1. The van der Waals surface area contributed by atoms with Crippen LogP contribution >= 0.6 is 0 Å². The number of aliphatic hydroxyl groups excluding tert-OH is 1. The zero-order valence-corrected chi connectivity index (χ0v) is 9.39. The van der Waals surface area contributed by atoms with E-state index >= 15 is 0 Å². The topological polar surface area (TPSA) is 33.4 Å². The van der Waals surface area contributed by atoms with E-state index < -0.39 is 6.10 Å². The van der Waals surface area contributed by atoms with Crippen molar-refractivity contribution in [1.82, 2.24) is 0 Å². The number of aliphatic hydroxyl groups is 1. The van der Waals surface area contributed by atoms with E-state index in [1.165, 1.54) is 11.1 Å². The van der Waals surface area contributed by atoms with Crippen LogP contribution in [0, 0.1) is 6.92 Å². The molecule has 0 saturated carbocycles. The van der Waals surface area contributed by atoms with Gasteiger partial charge in [0, 0.05) is 0 Å². The average Bonchev–Trinajstić information content (AvgIpc) is 2.81. The fourth-order valence-corrected chi connectivity index (χ4v) is 1.81. The van der Waals surface area contributed by atoms with Crippen molar-refractivity contribution < 1.29 is 9.52 Å². The monoisotopic (exact) mass is 216 g/mol. The third-order valence-corrected chi connectivity index (χ3v) is 2.82. The second-order valence-corrected chi connectivity index (χ2v) is 4.00. The summed E-state index contributed by atoms with van der Waals surface area (Å²) in [7, 11) is 0. The highest BCUT2D eigenvalue weighted by Crippen LogP contribution is 2.20. The molecule has 0 fully saturated rings. The molecule has 2 heteroatoms. The van der Waals surface area contributed by atoms with Gasteiger partial charge in [-0.3, -0.25) is 0 Å². The maximum atomic E-state index is 9.87. The largest absolute Gasteiger partial charge is 0.467 e. The Balaban J connectivity index is 1.95. The van der Waals surface area contributed by atoms with E-state index in [9.17, 15) is 5.11 Å². The third-order valence-electron chi connectivity index (χ3n) is 2.82. The molecule has 0 aliphatic heterocycles. The van der Waals surface area contributed by atoms with Gasteiger partial charge in [0.25, 0.3) is 0 Å². The van der Waals surface area contributed by atoms with Gasteiger partial charge in [-0.05, 0) is 43.0 Å². The Morgan fingerprint density at radius 2 is 2.00 bits per heavy atom. The summed E-state index contributed by atoms with van der Waals surface area (Å²) < 4.78 is 5.16. The predicted molar refractivity (Wildman–Crippen MR) is 63.2 cm³/mol. The highest BCUT2D eigenvalue weighted by Gasteiger charge is 2.10. The summed E-state index contributed by atoms with van der Waals surface area (Å²) in [6.07, 6.45) is 2.65. The molecular weight excluding hydrogens is 200 g/mol. The molecule has 0 spiro atoms. The van der Waals surface area contributed by atoms with Crippen LogP contribution in [0.1, 0.15) is 29.4 Å². The lowest BCUT2D eigenvalue weighted by molar-refractivity contribution is 0.140. The Morgan fingerprint density at radius 3 is 2.69 bits per heavy atom. The fourth-order valence-electron chi connectivity index (χ4n) is 1.81. The van der Waals surface area contributed by atoms with Crippen molar-refractivity contribution in [3.8, 4) is 0 Å². The number of aryl methyl sites for hydroxylation is 2. The first kappa shape index (κ1) is 11.0. The second kappa shape index (κ2) is 4.99. The van der Waals surface area contributed by atoms with Gasteiger partial charge in [-0.1, -0.05) is 24.3 Å². The van der Waals surface area contributed by atoms with E-state index in [1.54, 1.807) is 12.3 Å². The highest BCUT2D eigenvalue weighted by atomic mass is 16.4. The summed E-state index contributed by atoms with van der Waals surface area (Å²) in [5, 5.41) is 9.87. The van der Waals surface area contributed by atoms with E-state index in [1.807, 2.05) is 18.2 Å². The molecule has 16 heavy (non-hydrogen) atoms. The van der Waals surface area contributed by atoms with Crippen molar-refractivity contribution in [2.45, 2.75) is 25.9 Å². The molecular formula is C14H16O2. The molecule has 1 atom stereocenters. The molecule has 1 aromatic heterocycles. The Kier molecular flexibility index (Phi) is 3.42. The summed E-state index contributed by atoms with van der Waals surface area (Å²) in [5.74, 6) is 0.647. The normalized spacial score (nSPS) is 12.6. The number of rotatable bonds is 4. The Labute approximate surface area is 95.5 Å². The van der Waals surface area contributed by atoms with Crippen LogP contribution in [0.4, 0.5) is 0 Å². The van der Waals surface area contributed by atoms with Gasteiger partial charge in [-0.15, -0.1) is 0 Å². The molecule has 1 N–H and O–H groups in total. The van der Waals surface area contributed by atoms with Gasteiger partial charge >= 0.3 is 0 Å². The van der Waals surface area contributed by atoms with Gasteiger partial charge in [0.2, 0.25) is 0 Å². The fraction of sp³-hybridized carbons (Fsp3) is 0.286. The van der Waals surface area contributed by atoms with Crippen LogP contribution in [0.2, 0.25) is 0 Å². The summed E-state index contributed by atoms with van der Waals surface area (Å²) in [5.41, 5.74) is 2.56. The standard InChI is InChI=1S/C14H16O2/c1-11-5-2-3-6-12(11)8-9-13(15)14-7-4-10-16-14/h2-7,10,13,15H,8-9H2,1H3. The molecule has 0 aliphatic rings. The molecule has 2 rings (SSSR count). The lowest BCUT2D eigenvalue weighted by atomic mass is 10.0. The van der Waals surface area contributed by atoms with Gasteiger partial charge in [0.05, 0.1) is 6.26 Å². The smallest absolute Gasteiger partial charge is 0.132 e. The first-order valence-electron chi connectivity index (χ1n) is 5.53. The van der Waals surface area contributed by atoms with Crippen molar-refractivity contribution in [2.24, 2.45) is 0 Å². The van der Waals surface area contributed by atoms with Gasteiger partial charge in [-0.2, -0.15) is 0 Å².